The van der Waals surface area contributed by atoms with Crippen LogP contribution in [0, 0.1) is 0 Å². The van der Waals surface area contributed by atoms with Crippen molar-refractivity contribution in [3.8, 4) is 5.75 Å². The van der Waals surface area contributed by atoms with Gasteiger partial charge in [-0.1, -0.05) is 6.92 Å². The van der Waals surface area contributed by atoms with Crippen molar-refractivity contribution in [1.82, 2.24) is 4.98 Å². The van der Waals surface area contributed by atoms with E-state index >= 15 is 0 Å². The van der Waals surface area contributed by atoms with Crippen LogP contribution in [0.5, 0.6) is 5.75 Å². The number of aromatic nitrogens is 1. The van der Waals surface area contributed by atoms with E-state index in [0.717, 1.165) is 5.56 Å². The molecule has 1 aromatic heterocycles. The Morgan fingerprint density at radius 3 is 2.73 bits per heavy atom. The molecular formula is C11H15NO3. The molecular weight excluding hydrogens is 194 g/mol. The minimum absolute atomic E-state index is 0.243. The van der Waals surface area contributed by atoms with Crippen LogP contribution >= 0.6 is 0 Å². The van der Waals surface area contributed by atoms with Crippen molar-refractivity contribution < 1.29 is 14.3 Å². The van der Waals surface area contributed by atoms with Gasteiger partial charge in [0.2, 0.25) is 0 Å². The first-order chi connectivity index (χ1) is 7.22. The Hall–Kier alpha value is -1.58. The van der Waals surface area contributed by atoms with E-state index in [1.165, 1.54) is 7.11 Å². The molecule has 1 aromatic rings. The molecule has 1 unspecified atom stereocenters. The molecule has 0 amide bonds. The second-order valence-corrected chi connectivity index (χ2v) is 3.14. The molecule has 0 radical (unpaired) electrons. The lowest BCUT2D eigenvalue weighted by atomic mass is 9.98. The molecule has 0 bridgehead atoms. The standard InChI is InChI=1S/C11H15NO3/c1-4-10(11(13)15-3)8-5-9(14-2)7-12-6-8/h5-7,10H,4H2,1-3H3. The number of hydrogen-bond acceptors (Lipinski definition) is 4. The summed E-state index contributed by atoms with van der Waals surface area (Å²) in [5, 5.41) is 0. The largest absolute Gasteiger partial charge is 0.495 e. The SMILES string of the molecule is CCC(C(=O)OC)c1cncc(OC)c1. The molecule has 0 spiro atoms. The van der Waals surface area contributed by atoms with E-state index in [9.17, 15) is 4.79 Å². The van der Waals surface area contributed by atoms with Crippen LogP contribution in [-0.2, 0) is 9.53 Å². The Morgan fingerprint density at radius 1 is 1.47 bits per heavy atom. The summed E-state index contributed by atoms with van der Waals surface area (Å²) in [6.45, 7) is 1.93. The van der Waals surface area contributed by atoms with E-state index < -0.39 is 0 Å². The molecule has 0 aliphatic rings. The van der Waals surface area contributed by atoms with E-state index in [4.69, 9.17) is 9.47 Å². The predicted octanol–water partition coefficient (Wildman–Crippen LogP) is 1.76. The van der Waals surface area contributed by atoms with Gasteiger partial charge in [-0.25, -0.2) is 0 Å². The summed E-state index contributed by atoms with van der Waals surface area (Å²) in [6, 6.07) is 1.80. The van der Waals surface area contributed by atoms with Gasteiger partial charge < -0.3 is 9.47 Å². The van der Waals surface area contributed by atoms with Crippen molar-refractivity contribution in [2.45, 2.75) is 19.3 Å². The Morgan fingerprint density at radius 2 is 2.20 bits per heavy atom. The summed E-state index contributed by atoms with van der Waals surface area (Å²) >= 11 is 0. The van der Waals surface area contributed by atoms with E-state index in [1.54, 1.807) is 25.6 Å². The summed E-state index contributed by atoms with van der Waals surface area (Å²) in [5.74, 6) is 0.139. The maximum absolute atomic E-state index is 11.5. The smallest absolute Gasteiger partial charge is 0.313 e. The first-order valence-corrected chi connectivity index (χ1v) is 4.79. The maximum Gasteiger partial charge on any atom is 0.313 e. The zero-order valence-electron chi connectivity index (χ0n) is 9.19. The molecule has 0 aliphatic carbocycles. The summed E-state index contributed by atoms with van der Waals surface area (Å²) in [6.07, 6.45) is 3.95. The predicted molar refractivity (Wildman–Crippen MR) is 55.8 cm³/mol. The molecule has 1 heterocycles. The molecule has 0 aromatic carbocycles. The van der Waals surface area contributed by atoms with Crippen LogP contribution in [0.4, 0.5) is 0 Å². The van der Waals surface area contributed by atoms with Crippen molar-refractivity contribution in [1.29, 1.82) is 0 Å². The van der Waals surface area contributed by atoms with Gasteiger partial charge in [0, 0.05) is 6.20 Å². The van der Waals surface area contributed by atoms with Crippen LogP contribution < -0.4 is 4.74 Å². The van der Waals surface area contributed by atoms with Crippen LogP contribution in [0.25, 0.3) is 0 Å². The number of pyridine rings is 1. The van der Waals surface area contributed by atoms with Crippen LogP contribution in [-0.4, -0.2) is 25.2 Å². The highest BCUT2D eigenvalue weighted by atomic mass is 16.5. The first-order valence-electron chi connectivity index (χ1n) is 4.79. The maximum atomic E-state index is 11.5. The van der Waals surface area contributed by atoms with Gasteiger partial charge in [0.1, 0.15) is 5.75 Å². The molecule has 4 heteroatoms. The lowest BCUT2D eigenvalue weighted by molar-refractivity contribution is -0.142. The highest BCUT2D eigenvalue weighted by molar-refractivity contribution is 5.77. The molecule has 15 heavy (non-hydrogen) atoms. The molecule has 0 N–H and O–H groups in total. The summed E-state index contributed by atoms with van der Waals surface area (Å²) in [4.78, 5) is 15.5. The molecule has 0 fully saturated rings. The molecule has 1 rings (SSSR count). The highest BCUT2D eigenvalue weighted by Crippen LogP contribution is 2.23. The third-order valence-electron chi connectivity index (χ3n) is 2.27. The van der Waals surface area contributed by atoms with Crippen LogP contribution in [0.2, 0.25) is 0 Å². The zero-order chi connectivity index (χ0) is 11.3. The topological polar surface area (TPSA) is 48.4 Å². The quantitative estimate of drug-likeness (QED) is 0.709. The van der Waals surface area contributed by atoms with Gasteiger partial charge in [-0.05, 0) is 18.1 Å². The number of carbonyl (C=O) groups excluding carboxylic acids is 1. The third-order valence-corrected chi connectivity index (χ3v) is 2.27. The van der Waals surface area contributed by atoms with Gasteiger partial charge in [0.15, 0.2) is 0 Å². The minimum atomic E-state index is -0.266. The molecule has 1 atom stereocenters. The fourth-order valence-corrected chi connectivity index (χ4v) is 1.42. The van der Waals surface area contributed by atoms with Crippen molar-refractivity contribution in [3.63, 3.8) is 0 Å². The van der Waals surface area contributed by atoms with Gasteiger partial charge in [-0.3, -0.25) is 9.78 Å². The van der Waals surface area contributed by atoms with E-state index in [0.29, 0.717) is 12.2 Å². The van der Waals surface area contributed by atoms with Crippen molar-refractivity contribution in [3.05, 3.63) is 24.0 Å². The van der Waals surface area contributed by atoms with Gasteiger partial charge in [0.05, 0.1) is 26.3 Å². The number of ether oxygens (including phenoxy) is 2. The Labute approximate surface area is 89.2 Å². The van der Waals surface area contributed by atoms with Crippen LogP contribution in [0.1, 0.15) is 24.8 Å². The normalized spacial score (nSPS) is 11.9. The zero-order valence-corrected chi connectivity index (χ0v) is 9.19. The number of carbonyl (C=O) groups is 1. The second kappa shape index (κ2) is 5.34. The molecule has 82 valence electrons. The number of methoxy groups -OCH3 is 2. The van der Waals surface area contributed by atoms with Gasteiger partial charge in [-0.15, -0.1) is 0 Å². The Balaban J connectivity index is 2.96. The fourth-order valence-electron chi connectivity index (χ4n) is 1.42. The molecule has 0 saturated heterocycles. The molecule has 0 saturated carbocycles. The number of rotatable bonds is 4. The minimum Gasteiger partial charge on any atom is -0.495 e. The third kappa shape index (κ3) is 2.68. The molecule has 4 nitrogen and oxygen atoms in total. The highest BCUT2D eigenvalue weighted by Gasteiger charge is 2.19. The van der Waals surface area contributed by atoms with Crippen LogP contribution in [0.3, 0.4) is 0 Å². The van der Waals surface area contributed by atoms with E-state index in [1.807, 2.05) is 6.92 Å². The fraction of sp³-hybridized carbons (Fsp3) is 0.455. The number of esters is 1. The average molecular weight is 209 g/mol. The van der Waals surface area contributed by atoms with Crippen molar-refractivity contribution in [2.24, 2.45) is 0 Å². The lowest BCUT2D eigenvalue weighted by Gasteiger charge is -2.12. The van der Waals surface area contributed by atoms with Gasteiger partial charge in [-0.2, -0.15) is 0 Å². The van der Waals surface area contributed by atoms with Crippen LogP contribution in [0.15, 0.2) is 18.5 Å². The monoisotopic (exact) mass is 209 g/mol. The Bertz CT molecular complexity index is 338. The summed E-state index contributed by atoms with van der Waals surface area (Å²) in [7, 11) is 2.96. The second-order valence-electron chi connectivity index (χ2n) is 3.14. The van der Waals surface area contributed by atoms with E-state index in [-0.39, 0.29) is 11.9 Å². The summed E-state index contributed by atoms with van der Waals surface area (Å²) < 4.78 is 9.77. The lowest BCUT2D eigenvalue weighted by Crippen LogP contribution is -2.13. The van der Waals surface area contributed by atoms with E-state index in [2.05, 4.69) is 4.98 Å². The number of hydrogen-bond donors (Lipinski definition) is 0. The summed E-state index contributed by atoms with van der Waals surface area (Å²) in [5.41, 5.74) is 0.823. The van der Waals surface area contributed by atoms with Crippen molar-refractivity contribution in [2.75, 3.05) is 14.2 Å². The Kier molecular flexibility index (Phi) is 4.09. The first kappa shape index (κ1) is 11.5. The molecule has 0 aliphatic heterocycles. The number of nitrogens with zero attached hydrogens (tertiary/aromatic N) is 1. The van der Waals surface area contributed by atoms with Gasteiger partial charge >= 0.3 is 5.97 Å². The van der Waals surface area contributed by atoms with Crippen molar-refractivity contribution >= 4 is 5.97 Å². The average Bonchev–Trinajstić information content (AvgIpc) is 2.30. The van der Waals surface area contributed by atoms with Gasteiger partial charge in [0.25, 0.3) is 0 Å².